The smallest absolute Gasteiger partial charge is 0.280 e. The van der Waals surface area contributed by atoms with Gasteiger partial charge < -0.3 is 5.32 Å². The number of nitro benzene ring substituents is 1. The van der Waals surface area contributed by atoms with Gasteiger partial charge in [-0.25, -0.2) is 0 Å². The molecule has 1 heterocycles. The summed E-state index contributed by atoms with van der Waals surface area (Å²) in [5, 5.41) is 23.5. The minimum absolute atomic E-state index is 0.0204. The van der Waals surface area contributed by atoms with Crippen molar-refractivity contribution < 1.29 is 9.72 Å². The van der Waals surface area contributed by atoms with E-state index in [9.17, 15) is 14.9 Å². The molecule has 3 aromatic rings. The Morgan fingerprint density at radius 2 is 1.97 bits per heavy atom. The van der Waals surface area contributed by atoms with E-state index in [4.69, 9.17) is 0 Å². The molecule has 1 N–H and O–H groups in total. The van der Waals surface area contributed by atoms with Gasteiger partial charge >= 0.3 is 0 Å². The van der Waals surface area contributed by atoms with Gasteiger partial charge in [-0.1, -0.05) is 49.0 Å². The first kappa shape index (κ1) is 23.2. The van der Waals surface area contributed by atoms with Gasteiger partial charge in [-0.2, -0.15) is 0 Å². The van der Waals surface area contributed by atoms with Gasteiger partial charge in [0, 0.05) is 30.0 Å². The molecule has 0 aliphatic carbocycles. The number of nitro groups is 1. The van der Waals surface area contributed by atoms with Gasteiger partial charge in [-0.3, -0.25) is 19.5 Å². The van der Waals surface area contributed by atoms with Crippen molar-refractivity contribution >= 4 is 23.4 Å². The van der Waals surface area contributed by atoms with Crippen molar-refractivity contribution in [2.75, 3.05) is 0 Å². The van der Waals surface area contributed by atoms with Crippen LogP contribution in [0.3, 0.4) is 0 Å². The topological polar surface area (TPSA) is 103 Å². The average molecular weight is 452 g/mol. The van der Waals surface area contributed by atoms with Crippen molar-refractivity contribution in [3.8, 4) is 11.4 Å². The number of para-hydroxylation sites is 1. The van der Waals surface area contributed by atoms with Crippen LogP contribution in [-0.2, 0) is 12.3 Å². The lowest BCUT2D eigenvalue weighted by atomic mass is 10.1. The van der Waals surface area contributed by atoms with Gasteiger partial charge in [0.05, 0.1) is 10.5 Å². The molecule has 32 heavy (non-hydrogen) atoms. The molecule has 0 unspecified atom stereocenters. The van der Waals surface area contributed by atoms with Crippen molar-refractivity contribution in [3.63, 3.8) is 0 Å². The Morgan fingerprint density at radius 3 is 2.62 bits per heavy atom. The number of nitrogens with zero attached hydrogens (tertiary/aromatic N) is 4. The summed E-state index contributed by atoms with van der Waals surface area (Å²) in [6.45, 7) is 8.20. The lowest BCUT2D eigenvalue weighted by molar-refractivity contribution is -0.384. The predicted octanol–water partition coefficient (Wildman–Crippen LogP) is 4.86. The van der Waals surface area contributed by atoms with Gasteiger partial charge in [0.2, 0.25) is 0 Å². The van der Waals surface area contributed by atoms with Gasteiger partial charge in [-0.15, -0.1) is 16.8 Å². The number of benzene rings is 2. The van der Waals surface area contributed by atoms with Crippen LogP contribution in [0, 0.1) is 10.1 Å². The van der Waals surface area contributed by atoms with Crippen LogP contribution in [0.25, 0.3) is 11.4 Å². The molecule has 0 radical (unpaired) electrons. The molecule has 0 fully saturated rings. The molecule has 1 amide bonds. The number of nitrogens with one attached hydrogen (secondary N) is 1. The number of rotatable bonds is 10. The van der Waals surface area contributed by atoms with E-state index in [0.717, 1.165) is 12.0 Å². The van der Waals surface area contributed by atoms with Crippen LogP contribution in [0.15, 0.2) is 66.3 Å². The third-order valence-electron chi connectivity index (χ3n) is 4.94. The lowest BCUT2D eigenvalue weighted by Crippen LogP contribution is -2.31. The van der Waals surface area contributed by atoms with Crippen LogP contribution in [0.2, 0.25) is 0 Å². The van der Waals surface area contributed by atoms with E-state index in [1.165, 1.54) is 17.8 Å². The minimum atomic E-state index is -0.423. The summed E-state index contributed by atoms with van der Waals surface area (Å²) < 4.78 is 1.81. The summed E-state index contributed by atoms with van der Waals surface area (Å²) in [4.78, 5) is 23.2. The maximum Gasteiger partial charge on any atom is 0.280 e. The van der Waals surface area contributed by atoms with Crippen molar-refractivity contribution in [1.29, 1.82) is 0 Å². The molecule has 2 aromatic carbocycles. The van der Waals surface area contributed by atoms with E-state index in [-0.39, 0.29) is 17.6 Å². The second kappa shape index (κ2) is 10.7. The van der Waals surface area contributed by atoms with E-state index >= 15 is 0 Å². The summed E-state index contributed by atoms with van der Waals surface area (Å²) in [6.07, 6.45) is 2.58. The maximum atomic E-state index is 12.2. The molecule has 0 saturated carbocycles. The Hall–Kier alpha value is -3.46. The second-order valence-corrected chi connectivity index (χ2v) is 8.19. The van der Waals surface area contributed by atoms with E-state index in [1.54, 1.807) is 36.4 Å². The third-order valence-corrected chi connectivity index (χ3v) is 5.98. The summed E-state index contributed by atoms with van der Waals surface area (Å²) in [7, 11) is 0. The van der Waals surface area contributed by atoms with Crippen molar-refractivity contribution in [2.45, 2.75) is 43.8 Å². The van der Waals surface area contributed by atoms with Crippen LogP contribution in [0.4, 0.5) is 5.69 Å². The zero-order valence-corrected chi connectivity index (χ0v) is 18.8. The molecule has 166 valence electrons. The first-order chi connectivity index (χ1) is 15.4. The second-order valence-electron chi connectivity index (χ2n) is 7.25. The molecule has 0 aliphatic heterocycles. The molecule has 3 rings (SSSR count). The van der Waals surface area contributed by atoms with Crippen molar-refractivity contribution in [2.24, 2.45) is 0 Å². The number of allylic oxidation sites excluding steroid dienone is 1. The molecule has 0 aliphatic rings. The summed E-state index contributed by atoms with van der Waals surface area (Å²) in [5.41, 5.74) is 2.03. The summed E-state index contributed by atoms with van der Waals surface area (Å²) in [5.74, 6) is 0.953. The highest BCUT2D eigenvalue weighted by Gasteiger charge is 2.21. The first-order valence-corrected chi connectivity index (χ1v) is 11.2. The van der Waals surface area contributed by atoms with Crippen LogP contribution in [-0.4, -0.2) is 31.6 Å². The molecular weight excluding hydrogens is 426 g/mol. The fraction of sp³-hybridized carbons (Fsp3) is 0.261. The number of hydrogen-bond donors (Lipinski definition) is 1. The van der Waals surface area contributed by atoms with Crippen LogP contribution in [0.1, 0.15) is 36.2 Å². The van der Waals surface area contributed by atoms with Crippen molar-refractivity contribution in [3.05, 3.63) is 82.4 Å². The quantitative estimate of drug-likeness (QED) is 0.204. The molecule has 1 atom stereocenters. The minimum Gasteiger partial charge on any atom is -0.350 e. The fourth-order valence-corrected chi connectivity index (χ4v) is 3.92. The lowest BCUT2D eigenvalue weighted by Gasteiger charge is -2.11. The number of thioether (sulfide) groups is 1. The Kier molecular flexibility index (Phi) is 7.77. The van der Waals surface area contributed by atoms with E-state index in [0.29, 0.717) is 34.4 Å². The van der Waals surface area contributed by atoms with Gasteiger partial charge in [0.15, 0.2) is 11.0 Å². The molecule has 9 heteroatoms. The largest absolute Gasteiger partial charge is 0.350 e. The Balaban J connectivity index is 1.77. The van der Waals surface area contributed by atoms with Crippen LogP contribution >= 0.6 is 11.8 Å². The Bertz CT molecular complexity index is 1110. The van der Waals surface area contributed by atoms with E-state index < -0.39 is 4.92 Å². The van der Waals surface area contributed by atoms with E-state index in [1.807, 2.05) is 30.5 Å². The fourth-order valence-electron chi connectivity index (χ4n) is 3.02. The standard InChI is InChI=1S/C23H25N5O3S/c1-4-14-27-21(19-8-6-7-9-20(19)28(30)31)25-26-23(27)32-15-17-10-12-18(13-11-17)22(29)24-16(3)5-2/h4,6-13,16H,1,5,14-15H2,2-3H3,(H,24,29)/t16-/m1/s1. The SMILES string of the molecule is C=CCn1c(SCc2ccc(C(=O)N[C@H](C)CC)cc2)nnc1-c1ccccc1[N+](=O)[O-]. The van der Waals surface area contributed by atoms with Gasteiger partial charge in [-0.05, 0) is 37.1 Å². The molecule has 0 bridgehead atoms. The number of amides is 1. The molecule has 1 aromatic heterocycles. The number of hydrogen-bond acceptors (Lipinski definition) is 6. The monoisotopic (exact) mass is 451 g/mol. The maximum absolute atomic E-state index is 12.2. The third kappa shape index (κ3) is 5.42. The predicted molar refractivity (Wildman–Crippen MR) is 126 cm³/mol. The molecule has 0 saturated heterocycles. The molecule has 0 spiro atoms. The summed E-state index contributed by atoms with van der Waals surface area (Å²) >= 11 is 1.47. The number of carbonyl (C=O) groups excluding carboxylic acids is 1. The van der Waals surface area contributed by atoms with Crippen LogP contribution < -0.4 is 5.32 Å². The first-order valence-electron chi connectivity index (χ1n) is 10.2. The highest BCUT2D eigenvalue weighted by molar-refractivity contribution is 7.98. The van der Waals surface area contributed by atoms with E-state index in [2.05, 4.69) is 22.1 Å². The Labute approximate surface area is 190 Å². The molecule has 8 nitrogen and oxygen atoms in total. The number of carbonyl (C=O) groups is 1. The number of aromatic nitrogens is 3. The Morgan fingerprint density at radius 1 is 1.25 bits per heavy atom. The average Bonchev–Trinajstić information content (AvgIpc) is 3.20. The zero-order valence-electron chi connectivity index (χ0n) is 18.0. The van der Waals surface area contributed by atoms with Crippen molar-refractivity contribution in [1.82, 2.24) is 20.1 Å². The van der Waals surface area contributed by atoms with Gasteiger partial charge in [0.1, 0.15) is 0 Å². The highest BCUT2D eigenvalue weighted by atomic mass is 32.2. The van der Waals surface area contributed by atoms with Crippen LogP contribution in [0.5, 0.6) is 0 Å². The molecular formula is C23H25N5O3S. The zero-order chi connectivity index (χ0) is 23.1. The summed E-state index contributed by atoms with van der Waals surface area (Å²) in [6, 6.07) is 14.0. The normalized spacial score (nSPS) is 11.7. The van der Waals surface area contributed by atoms with Gasteiger partial charge in [0.25, 0.3) is 11.6 Å². The highest BCUT2D eigenvalue weighted by Crippen LogP contribution is 2.31.